The number of amides is 1. The van der Waals surface area contributed by atoms with Crippen molar-refractivity contribution < 1.29 is 9.18 Å². The van der Waals surface area contributed by atoms with E-state index in [1.54, 1.807) is 23.7 Å². The molecule has 0 radical (unpaired) electrons. The van der Waals surface area contributed by atoms with Gasteiger partial charge in [0.15, 0.2) is 0 Å². The van der Waals surface area contributed by atoms with Crippen LogP contribution in [0.4, 0.5) is 10.2 Å². The second kappa shape index (κ2) is 5.40. The molecule has 0 bridgehead atoms. The molecule has 0 aliphatic heterocycles. The van der Waals surface area contributed by atoms with Crippen molar-refractivity contribution in [2.45, 2.75) is 26.2 Å². The third kappa shape index (κ3) is 2.35. The lowest BCUT2D eigenvalue weighted by Crippen LogP contribution is -2.17. The van der Waals surface area contributed by atoms with E-state index >= 15 is 0 Å². The number of aromatic nitrogens is 3. The second-order valence-electron chi connectivity index (χ2n) is 6.16. The van der Waals surface area contributed by atoms with Crippen LogP contribution in [-0.4, -0.2) is 20.7 Å². The molecule has 1 aliphatic rings. The largest absolute Gasteiger partial charge is 0.306 e. The van der Waals surface area contributed by atoms with Crippen molar-refractivity contribution in [2.75, 3.05) is 5.32 Å². The quantitative estimate of drug-likeness (QED) is 0.788. The molecule has 6 heteroatoms. The molecule has 2 heterocycles. The molecule has 1 aliphatic carbocycles. The number of carbonyl (C=O) groups is 1. The summed E-state index contributed by atoms with van der Waals surface area (Å²) in [6, 6.07) is 6.13. The van der Waals surface area contributed by atoms with Crippen LogP contribution in [-0.2, 0) is 19.9 Å². The summed E-state index contributed by atoms with van der Waals surface area (Å²) in [6.45, 7) is 1.76. The number of pyridine rings is 1. The molecule has 122 valence electrons. The zero-order valence-electron chi connectivity index (χ0n) is 13.6. The normalized spacial score (nSPS) is 13.3. The van der Waals surface area contributed by atoms with Gasteiger partial charge >= 0.3 is 0 Å². The highest BCUT2D eigenvalue weighted by Crippen LogP contribution is 2.28. The van der Waals surface area contributed by atoms with Gasteiger partial charge in [-0.2, -0.15) is 5.10 Å². The summed E-state index contributed by atoms with van der Waals surface area (Å²) in [6.07, 6.45) is 2.97. The fourth-order valence-electron chi connectivity index (χ4n) is 3.32. The maximum Gasteiger partial charge on any atom is 0.258 e. The van der Waals surface area contributed by atoms with Crippen molar-refractivity contribution in [3.63, 3.8) is 0 Å². The highest BCUT2D eigenvalue weighted by molar-refractivity contribution is 6.06. The number of anilines is 1. The maximum absolute atomic E-state index is 13.3. The van der Waals surface area contributed by atoms with Crippen LogP contribution in [0.25, 0.3) is 10.9 Å². The Morgan fingerprint density at radius 3 is 2.96 bits per heavy atom. The van der Waals surface area contributed by atoms with E-state index in [0.29, 0.717) is 16.8 Å². The van der Waals surface area contributed by atoms with Gasteiger partial charge in [0.05, 0.1) is 22.5 Å². The molecular formula is C18H17FN4O. The molecule has 1 aromatic carbocycles. The second-order valence-corrected chi connectivity index (χ2v) is 6.16. The third-order valence-electron chi connectivity index (χ3n) is 4.52. The summed E-state index contributed by atoms with van der Waals surface area (Å²) in [5, 5.41) is 8.17. The summed E-state index contributed by atoms with van der Waals surface area (Å²) in [4.78, 5) is 17.1. The van der Waals surface area contributed by atoms with Crippen molar-refractivity contribution in [1.82, 2.24) is 14.8 Å². The number of carbonyl (C=O) groups excluding carboxylic acids is 1. The van der Waals surface area contributed by atoms with E-state index in [2.05, 4.69) is 15.4 Å². The average Bonchev–Trinajstić information content (AvgIpc) is 3.09. The molecule has 1 amide bonds. The zero-order chi connectivity index (χ0) is 16.8. The summed E-state index contributed by atoms with van der Waals surface area (Å²) in [5.41, 5.74) is 3.80. The SMILES string of the molecule is Cc1nc2cc(F)ccc2cc1C(=O)Nc1c2c(nn1C)CCC2. The van der Waals surface area contributed by atoms with Crippen LogP contribution < -0.4 is 5.32 Å². The van der Waals surface area contributed by atoms with Crippen LogP contribution in [0.3, 0.4) is 0 Å². The Bertz CT molecular complexity index is 977. The van der Waals surface area contributed by atoms with Crippen LogP contribution in [0.2, 0.25) is 0 Å². The lowest BCUT2D eigenvalue weighted by atomic mass is 10.1. The van der Waals surface area contributed by atoms with Gasteiger partial charge in [-0.1, -0.05) is 0 Å². The highest BCUT2D eigenvalue weighted by atomic mass is 19.1. The summed E-state index contributed by atoms with van der Waals surface area (Å²) < 4.78 is 15.0. The van der Waals surface area contributed by atoms with Crippen LogP contribution in [0.1, 0.15) is 33.7 Å². The van der Waals surface area contributed by atoms with E-state index in [1.165, 1.54) is 12.1 Å². The van der Waals surface area contributed by atoms with Gasteiger partial charge in [0, 0.05) is 24.1 Å². The standard InChI is InChI=1S/C18H17FN4O/c1-10-14(8-11-6-7-12(19)9-16(11)20-10)18(24)21-17-13-4-3-5-15(13)22-23(17)2/h6-9H,3-5H2,1-2H3,(H,21,24). The van der Waals surface area contributed by atoms with Gasteiger partial charge < -0.3 is 5.32 Å². The Morgan fingerprint density at radius 2 is 2.12 bits per heavy atom. The molecule has 2 aromatic heterocycles. The minimum atomic E-state index is -0.336. The Kier molecular flexibility index (Phi) is 3.33. The molecule has 1 N–H and O–H groups in total. The van der Waals surface area contributed by atoms with Crippen molar-refractivity contribution in [2.24, 2.45) is 7.05 Å². The number of nitrogens with zero attached hydrogens (tertiary/aromatic N) is 3. The first-order valence-corrected chi connectivity index (χ1v) is 7.96. The van der Waals surface area contributed by atoms with E-state index in [4.69, 9.17) is 0 Å². The lowest BCUT2D eigenvalue weighted by Gasteiger charge is -2.10. The first-order chi connectivity index (χ1) is 11.5. The van der Waals surface area contributed by atoms with E-state index in [-0.39, 0.29) is 11.7 Å². The van der Waals surface area contributed by atoms with E-state index in [9.17, 15) is 9.18 Å². The first-order valence-electron chi connectivity index (χ1n) is 7.96. The third-order valence-corrected chi connectivity index (χ3v) is 4.52. The van der Waals surface area contributed by atoms with Crippen molar-refractivity contribution >= 4 is 22.6 Å². The number of rotatable bonds is 2. The topological polar surface area (TPSA) is 59.8 Å². The number of benzene rings is 1. The number of fused-ring (bicyclic) bond motifs is 2. The van der Waals surface area contributed by atoms with E-state index in [0.717, 1.165) is 41.7 Å². The molecule has 0 unspecified atom stereocenters. The predicted octanol–water partition coefficient (Wildman–Crippen LogP) is 3.16. The molecule has 24 heavy (non-hydrogen) atoms. The molecule has 0 saturated carbocycles. The predicted molar refractivity (Wildman–Crippen MR) is 89.6 cm³/mol. The van der Waals surface area contributed by atoms with Gasteiger partial charge in [0.25, 0.3) is 5.91 Å². The van der Waals surface area contributed by atoms with Gasteiger partial charge in [-0.3, -0.25) is 14.5 Å². The number of hydrogen-bond acceptors (Lipinski definition) is 3. The van der Waals surface area contributed by atoms with Gasteiger partial charge in [-0.05, 0) is 44.4 Å². The van der Waals surface area contributed by atoms with Gasteiger partial charge in [-0.25, -0.2) is 4.39 Å². The smallest absolute Gasteiger partial charge is 0.258 e. The Morgan fingerprint density at radius 1 is 1.29 bits per heavy atom. The van der Waals surface area contributed by atoms with Crippen molar-refractivity contribution in [3.8, 4) is 0 Å². The van der Waals surface area contributed by atoms with Gasteiger partial charge in [0.2, 0.25) is 0 Å². The number of nitrogens with one attached hydrogen (secondary N) is 1. The number of aryl methyl sites for hydroxylation is 3. The number of halogens is 1. The monoisotopic (exact) mass is 324 g/mol. The van der Waals surface area contributed by atoms with E-state index < -0.39 is 0 Å². The van der Waals surface area contributed by atoms with E-state index in [1.807, 2.05) is 7.05 Å². The minimum absolute atomic E-state index is 0.219. The maximum atomic E-state index is 13.3. The summed E-state index contributed by atoms with van der Waals surface area (Å²) in [7, 11) is 1.84. The minimum Gasteiger partial charge on any atom is -0.306 e. The summed E-state index contributed by atoms with van der Waals surface area (Å²) in [5.74, 6) is 0.201. The van der Waals surface area contributed by atoms with Crippen LogP contribution in [0, 0.1) is 12.7 Å². The molecular weight excluding hydrogens is 307 g/mol. The molecule has 0 atom stereocenters. The Hall–Kier alpha value is -2.76. The average molecular weight is 324 g/mol. The van der Waals surface area contributed by atoms with Crippen molar-refractivity contribution in [1.29, 1.82) is 0 Å². The van der Waals surface area contributed by atoms with Gasteiger partial charge in [-0.15, -0.1) is 0 Å². The molecule has 4 rings (SSSR count). The number of hydrogen-bond donors (Lipinski definition) is 1. The van der Waals surface area contributed by atoms with Gasteiger partial charge in [0.1, 0.15) is 11.6 Å². The fraction of sp³-hybridized carbons (Fsp3) is 0.278. The molecule has 5 nitrogen and oxygen atoms in total. The lowest BCUT2D eigenvalue weighted by molar-refractivity contribution is 0.102. The van der Waals surface area contributed by atoms with Crippen LogP contribution >= 0.6 is 0 Å². The molecule has 0 saturated heterocycles. The first kappa shape index (κ1) is 14.8. The molecule has 0 spiro atoms. The van der Waals surface area contributed by atoms with Crippen molar-refractivity contribution in [3.05, 3.63) is 52.6 Å². The van der Waals surface area contributed by atoms with Crippen LogP contribution in [0.5, 0.6) is 0 Å². The molecule has 0 fully saturated rings. The molecule has 3 aromatic rings. The Balaban J connectivity index is 1.71. The summed E-state index contributed by atoms with van der Waals surface area (Å²) >= 11 is 0. The van der Waals surface area contributed by atoms with Crippen LogP contribution in [0.15, 0.2) is 24.3 Å². The fourth-order valence-corrected chi connectivity index (χ4v) is 3.32. The zero-order valence-corrected chi connectivity index (χ0v) is 13.6. The Labute approximate surface area is 138 Å². The highest BCUT2D eigenvalue weighted by Gasteiger charge is 2.23.